The van der Waals surface area contributed by atoms with Gasteiger partial charge >= 0.3 is 0 Å². The summed E-state index contributed by atoms with van der Waals surface area (Å²) in [4.78, 5) is 12.8. The second-order valence-corrected chi connectivity index (χ2v) is 6.28. The first-order valence-corrected chi connectivity index (χ1v) is 9.26. The van der Waals surface area contributed by atoms with E-state index in [9.17, 15) is 4.79 Å². The van der Waals surface area contributed by atoms with Crippen molar-refractivity contribution in [2.24, 2.45) is 5.92 Å². The minimum atomic E-state index is -0.185. The van der Waals surface area contributed by atoms with E-state index in [0.717, 1.165) is 18.4 Å². The second-order valence-electron chi connectivity index (χ2n) is 6.28. The molecule has 0 aliphatic carbocycles. The Morgan fingerprint density at radius 3 is 2.36 bits per heavy atom. The van der Waals surface area contributed by atoms with Crippen LogP contribution in [0.3, 0.4) is 0 Å². The Hall–Kier alpha value is -3.43. The summed E-state index contributed by atoms with van der Waals surface area (Å²) in [6.07, 6.45) is 12.3. The predicted molar refractivity (Wildman–Crippen MR) is 115 cm³/mol. The molecule has 0 aliphatic heterocycles. The SMILES string of the molecule is C#CC(C)COc1c(-c2ccccc2)oc2ccccc2c1=O.C#CCCC. The minimum Gasteiger partial charge on any atom is -0.485 e. The molecule has 3 aromatic rings. The molecule has 0 saturated carbocycles. The fourth-order valence-corrected chi connectivity index (χ4v) is 2.44. The van der Waals surface area contributed by atoms with Crippen molar-refractivity contribution in [3.8, 4) is 41.8 Å². The van der Waals surface area contributed by atoms with E-state index in [0.29, 0.717) is 16.7 Å². The van der Waals surface area contributed by atoms with Gasteiger partial charge in [0.2, 0.25) is 11.2 Å². The lowest BCUT2D eigenvalue weighted by Gasteiger charge is -2.12. The molecule has 3 rings (SSSR count). The standard InChI is InChI=1S/C20H16O3.C5H8/c1-3-14(2)13-22-20-18(21)16-11-7-8-12-17(16)23-19(20)15-9-5-4-6-10-15;1-3-5-4-2/h1,4-12,14H,13H2,2H3;1H,4-5H2,2H3. The summed E-state index contributed by atoms with van der Waals surface area (Å²) >= 11 is 0. The highest BCUT2D eigenvalue weighted by molar-refractivity contribution is 5.81. The average molecular weight is 372 g/mol. The Morgan fingerprint density at radius 1 is 1.07 bits per heavy atom. The Balaban J connectivity index is 0.000000500. The average Bonchev–Trinajstić information content (AvgIpc) is 2.74. The van der Waals surface area contributed by atoms with Gasteiger partial charge in [0.05, 0.1) is 11.3 Å². The van der Waals surface area contributed by atoms with Crippen LogP contribution < -0.4 is 10.2 Å². The Kier molecular flexibility index (Phi) is 7.94. The van der Waals surface area contributed by atoms with Crippen molar-refractivity contribution < 1.29 is 9.15 Å². The fourth-order valence-electron chi connectivity index (χ4n) is 2.44. The maximum absolute atomic E-state index is 12.8. The molecule has 0 radical (unpaired) electrons. The molecule has 0 aliphatic rings. The van der Waals surface area contributed by atoms with Crippen LogP contribution in [0.15, 0.2) is 63.8 Å². The van der Waals surface area contributed by atoms with Crippen molar-refractivity contribution in [3.63, 3.8) is 0 Å². The first-order valence-electron chi connectivity index (χ1n) is 9.26. The third-order valence-electron chi connectivity index (χ3n) is 3.95. The van der Waals surface area contributed by atoms with Crippen molar-refractivity contribution >= 4 is 11.0 Å². The summed E-state index contributed by atoms with van der Waals surface area (Å²) in [5, 5.41) is 0.496. The third-order valence-corrected chi connectivity index (χ3v) is 3.95. The van der Waals surface area contributed by atoms with E-state index in [4.69, 9.17) is 22.0 Å². The molecule has 0 fully saturated rings. The van der Waals surface area contributed by atoms with Crippen LogP contribution in [-0.2, 0) is 0 Å². The zero-order chi connectivity index (χ0) is 20.4. The summed E-state index contributed by atoms with van der Waals surface area (Å²) in [5.74, 6) is 5.65. The molecule has 1 aromatic heterocycles. The molecule has 0 saturated heterocycles. The fraction of sp³-hybridized carbons (Fsp3) is 0.240. The largest absolute Gasteiger partial charge is 0.485 e. The molecule has 0 amide bonds. The molecule has 2 aromatic carbocycles. The van der Waals surface area contributed by atoms with E-state index < -0.39 is 0 Å². The van der Waals surface area contributed by atoms with Crippen LogP contribution in [0.1, 0.15) is 26.7 Å². The summed E-state index contributed by atoms with van der Waals surface area (Å²) in [6, 6.07) is 16.6. The zero-order valence-corrected chi connectivity index (χ0v) is 16.3. The highest BCUT2D eigenvalue weighted by atomic mass is 16.5. The number of hydrogen-bond donors (Lipinski definition) is 0. The molecule has 0 bridgehead atoms. The number of para-hydroxylation sites is 1. The molecule has 142 valence electrons. The first kappa shape index (κ1) is 20.9. The van der Waals surface area contributed by atoms with Crippen LogP contribution in [0, 0.1) is 30.6 Å². The molecule has 3 heteroatoms. The summed E-state index contributed by atoms with van der Waals surface area (Å²) in [5.41, 5.74) is 1.14. The maximum Gasteiger partial charge on any atom is 0.235 e. The quantitative estimate of drug-likeness (QED) is 0.553. The Bertz CT molecular complexity index is 1030. The minimum absolute atomic E-state index is 0.0931. The van der Waals surface area contributed by atoms with Gasteiger partial charge < -0.3 is 9.15 Å². The van der Waals surface area contributed by atoms with Gasteiger partial charge in [0, 0.05) is 12.0 Å². The Labute approximate surface area is 166 Å². The molecule has 0 spiro atoms. The molecule has 1 heterocycles. The summed E-state index contributed by atoms with van der Waals surface area (Å²) in [7, 11) is 0. The molecule has 1 unspecified atom stereocenters. The molecule has 3 nitrogen and oxygen atoms in total. The van der Waals surface area contributed by atoms with Gasteiger partial charge in [-0.3, -0.25) is 4.79 Å². The van der Waals surface area contributed by atoms with Gasteiger partial charge in [-0.2, -0.15) is 0 Å². The number of unbranched alkanes of at least 4 members (excludes halogenated alkanes) is 1. The van der Waals surface area contributed by atoms with Crippen molar-refractivity contribution in [1.82, 2.24) is 0 Å². The predicted octanol–water partition coefficient (Wildman–Crippen LogP) is 5.53. The molecular formula is C25H24O3. The highest BCUT2D eigenvalue weighted by Crippen LogP contribution is 2.30. The van der Waals surface area contributed by atoms with Crippen molar-refractivity contribution in [3.05, 3.63) is 64.8 Å². The van der Waals surface area contributed by atoms with Crippen LogP contribution >= 0.6 is 0 Å². The zero-order valence-electron chi connectivity index (χ0n) is 16.3. The highest BCUT2D eigenvalue weighted by Gasteiger charge is 2.17. The van der Waals surface area contributed by atoms with Crippen LogP contribution in [0.5, 0.6) is 5.75 Å². The normalized spacial score (nSPS) is 10.9. The van der Waals surface area contributed by atoms with Crippen LogP contribution in [0.4, 0.5) is 0 Å². The number of hydrogen-bond acceptors (Lipinski definition) is 3. The van der Waals surface area contributed by atoms with Crippen LogP contribution in [0.2, 0.25) is 0 Å². The molecule has 1 atom stereocenters. The molecular weight excluding hydrogens is 348 g/mol. The maximum atomic E-state index is 12.8. The van der Waals surface area contributed by atoms with E-state index in [2.05, 4.69) is 18.8 Å². The molecule has 0 N–H and O–H groups in total. The van der Waals surface area contributed by atoms with E-state index >= 15 is 0 Å². The van der Waals surface area contributed by atoms with E-state index in [1.807, 2.05) is 43.3 Å². The molecule has 28 heavy (non-hydrogen) atoms. The van der Waals surface area contributed by atoms with Crippen molar-refractivity contribution in [2.75, 3.05) is 6.61 Å². The summed E-state index contributed by atoms with van der Waals surface area (Å²) < 4.78 is 11.7. The van der Waals surface area contributed by atoms with Crippen molar-refractivity contribution in [1.29, 1.82) is 0 Å². The van der Waals surface area contributed by atoms with Gasteiger partial charge in [-0.15, -0.1) is 24.7 Å². The number of ether oxygens (including phenoxy) is 1. The second kappa shape index (κ2) is 10.7. The lowest BCUT2D eigenvalue weighted by Crippen LogP contribution is -2.14. The summed E-state index contributed by atoms with van der Waals surface area (Å²) in [6.45, 7) is 4.20. The number of rotatable bonds is 5. The van der Waals surface area contributed by atoms with Gasteiger partial charge in [-0.05, 0) is 25.5 Å². The van der Waals surface area contributed by atoms with Crippen molar-refractivity contribution in [2.45, 2.75) is 26.7 Å². The van der Waals surface area contributed by atoms with Gasteiger partial charge in [0.15, 0.2) is 5.76 Å². The number of terminal acetylenes is 2. The number of benzene rings is 2. The lowest BCUT2D eigenvalue weighted by molar-refractivity contribution is 0.282. The topological polar surface area (TPSA) is 39.4 Å². The first-order chi connectivity index (χ1) is 13.6. The van der Waals surface area contributed by atoms with E-state index in [1.54, 1.807) is 18.2 Å². The Morgan fingerprint density at radius 2 is 1.75 bits per heavy atom. The lowest BCUT2D eigenvalue weighted by atomic mass is 10.1. The monoisotopic (exact) mass is 372 g/mol. The van der Waals surface area contributed by atoms with Gasteiger partial charge in [-0.25, -0.2) is 0 Å². The van der Waals surface area contributed by atoms with Gasteiger partial charge in [0.1, 0.15) is 12.2 Å². The van der Waals surface area contributed by atoms with Crippen LogP contribution in [-0.4, -0.2) is 6.61 Å². The van der Waals surface area contributed by atoms with E-state index in [-0.39, 0.29) is 23.7 Å². The van der Waals surface area contributed by atoms with Crippen LogP contribution in [0.25, 0.3) is 22.3 Å². The number of fused-ring (bicyclic) bond motifs is 1. The van der Waals surface area contributed by atoms with E-state index in [1.165, 1.54) is 0 Å². The van der Waals surface area contributed by atoms with Gasteiger partial charge in [-0.1, -0.05) is 49.4 Å². The smallest absolute Gasteiger partial charge is 0.235 e. The third kappa shape index (κ3) is 5.29. The van der Waals surface area contributed by atoms with Gasteiger partial charge in [0.25, 0.3) is 0 Å².